The van der Waals surface area contributed by atoms with E-state index in [1.165, 1.54) is 6.07 Å². The molecule has 1 saturated carbocycles. The van der Waals surface area contributed by atoms with Crippen LogP contribution >= 0.6 is 11.6 Å². The van der Waals surface area contributed by atoms with E-state index in [-0.39, 0.29) is 30.2 Å². The largest absolute Gasteiger partial charge is 0.338 e. The highest BCUT2D eigenvalue weighted by atomic mass is 35.5. The lowest BCUT2D eigenvalue weighted by Gasteiger charge is -2.25. The second-order valence-electron chi connectivity index (χ2n) is 6.07. The molecule has 0 unspecified atom stereocenters. The Hall–Kier alpha value is -1.13. The van der Waals surface area contributed by atoms with Gasteiger partial charge in [-0.25, -0.2) is 4.39 Å². The van der Waals surface area contributed by atoms with E-state index in [1.54, 1.807) is 17.0 Å². The first kappa shape index (κ1) is 17.2. The maximum Gasteiger partial charge on any atom is 0.223 e. The smallest absolute Gasteiger partial charge is 0.223 e. The minimum atomic E-state index is -0.362. The molecule has 0 radical (unpaired) electrons. The van der Waals surface area contributed by atoms with Crippen LogP contribution in [-0.2, 0) is 11.3 Å². The zero-order chi connectivity index (χ0) is 16.1. The predicted octanol–water partition coefficient (Wildman–Crippen LogP) is 3.74. The number of carbonyl (C=O) groups excluding carboxylic acids is 1. The van der Waals surface area contributed by atoms with Crippen molar-refractivity contribution < 1.29 is 9.18 Å². The molecule has 0 heterocycles. The molecule has 5 heteroatoms. The van der Waals surface area contributed by atoms with E-state index in [0.29, 0.717) is 23.6 Å². The van der Waals surface area contributed by atoms with Crippen LogP contribution in [0, 0.1) is 11.7 Å². The standard InChI is InChI=1S/C17H24ClFN2O/c1-2-9-21(11-13-14(18)6-4-7-15(13)19)17(22)10-12-5-3-8-16(12)20/h4,6-7,12,16H,2-3,5,8-11,20H2,1H3/t12-,16+/m0/s1. The summed E-state index contributed by atoms with van der Waals surface area (Å²) in [7, 11) is 0. The van der Waals surface area contributed by atoms with Crippen molar-refractivity contribution in [2.24, 2.45) is 11.7 Å². The molecule has 3 nitrogen and oxygen atoms in total. The molecule has 0 bridgehead atoms. The van der Waals surface area contributed by atoms with Gasteiger partial charge in [0.25, 0.3) is 0 Å². The van der Waals surface area contributed by atoms with E-state index in [1.807, 2.05) is 6.92 Å². The Bertz CT molecular complexity index is 503. The normalized spacial score (nSPS) is 21.1. The van der Waals surface area contributed by atoms with Crippen molar-refractivity contribution in [3.05, 3.63) is 34.6 Å². The monoisotopic (exact) mass is 326 g/mol. The molecule has 1 aliphatic rings. The molecule has 1 aromatic rings. The number of halogens is 2. The Morgan fingerprint density at radius 1 is 1.45 bits per heavy atom. The van der Waals surface area contributed by atoms with Gasteiger partial charge >= 0.3 is 0 Å². The molecule has 0 aliphatic heterocycles. The van der Waals surface area contributed by atoms with Gasteiger partial charge < -0.3 is 10.6 Å². The lowest BCUT2D eigenvalue weighted by atomic mass is 9.99. The zero-order valence-corrected chi connectivity index (χ0v) is 13.8. The molecule has 2 rings (SSSR count). The summed E-state index contributed by atoms with van der Waals surface area (Å²) >= 11 is 6.07. The second kappa shape index (κ2) is 7.93. The molecule has 1 aliphatic carbocycles. The minimum Gasteiger partial charge on any atom is -0.338 e. The van der Waals surface area contributed by atoms with Crippen LogP contribution in [-0.4, -0.2) is 23.4 Å². The van der Waals surface area contributed by atoms with Gasteiger partial charge in [-0.15, -0.1) is 0 Å². The summed E-state index contributed by atoms with van der Waals surface area (Å²) < 4.78 is 13.9. The molecule has 1 fully saturated rings. The van der Waals surface area contributed by atoms with Crippen LogP contribution in [0.2, 0.25) is 5.02 Å². The number of benzene rings is 1. The van der Waals surface area contributed by atoms with Gasteiger partial charge in [-0.3, -0.25) is 4.79 Å². The topological polar surface area (TPSA) is 46.3 Å². The maximum atomic E-state index is 13.9. The van der Waals surface area contributed by atoms with Crippen LogP contribution in [0.3, 0.4) is 0 Å². The maximum absolute atomic E-state index is 13.9. The van der Waals surface area contributed by atoms with Crippen LogP contribution in [0.5, 0.6) is 0 Å². The summed E-state index contributed by atoms with van der Waals surface area (Å²) in [5.74, 6) is -0.0644. The first-order valence-corrected chi connectivity index (χ1v) is 8.37. The molecule has 0 saturated heterocycles. The number of carbonyl (C=O) groups is 1. The fraction of sp³-hybridized carbons (Fsp3) is 0.588. The van der Waals surface area contributed by atoms with Gasteiger partial charge in [0.1, 0.15) is 5.82 Å². The first-order chi connectivity index (χ1) is 10.5. The third kappa shape index (κ3) is 4.20. The van der Waals surface area contributed by atoms with Gasteiger partial charge in [-0.1, -0.05) is 31.0 Å². The van der Waals surface area contributed by atoms with Gasteiger partial charge in [0.2, 0.25) is 5.91 Å². The third-order valence-electron chi connectivity index (χ3n) is 4.41. The van der Waals surface area contributed by atoms with Gasteiger partial charge in [0.15, 0.2) is 0 Å². The van der Waals surface area contributed by atoms with Crippen LogP contribution in [0.1, 0.15) is 44.6 Å². The summed E-state index contributed by atoms with van der Waals surface area (Å²) in [6.07, 6.45) is 4.37. The number of nitrogens with two attached hydrogens (primary N) is 1. The van der Waals surface area contributed by atoms with Gasteiger partial charge in [-0.2, -0.15) is 0 Å². The van der Waals surface area contributed by atoms with Crippen molar-refractivity contribution in [1.29, 1.82) is 0 Å². The number of amides is 1. The van der Waals surface area contributed by atoms with Crippen molar-refractivity contribution in [3.63, 3.8) is 0 Å². The van der Waals surface area contributed by atoms with E-state index in [9.17, 15) is 9.18 Å². The Morgan fingerprint density at radius 2 is 2.23 bits per heavy atom. The van der Waals surface area contributed by atoms with E-state index >= 15 is 0 Å². The number of rotatable bonds is 6. The lowest BCUT2D eigenvalue weighted by Crippen LogP contribution is -2.35. The molecule has 0 spiro atoms. The number of hydrogen-bond acceptors (Lipinski definition) is 2. The fourth-order valence-corrected chi connectivity index (χ4v) is 3.33. The molecule has 122 valence electrons. The summed E-state index contributed by atoms with van der Waals surface area (Å²) in [4.78, 5) is 14.3. The van der Waals surface area contributed by atoms with E-state index in [0.717, 1.165) is 25.7 Å². The average molecular weight is 327 g/mol. The molecular weight excluding hydrogens is 303 g/mol. The Labute approximate surface area is 136 Å². The molecule has 1 aromatic carbocycles. The zero-order valence-electron chi connectivity index (χ0n) is 13.0. The molecular formula is C17H24ClFN2O. The number of nitrogens with zero attached hydrogens (tertiary/aromatic N) is 1. The fourth-order valence-electron chi connectivity index (χ4n) is 3.11. The van der Waals surface area contributed by atoms with E-state index < -0.39 is 0 Å². The Kier molecular flexibility index (Phi) is 6.21. The predicted molar refractivity (Wildman–Crippen MR) is 87.1 cm³/mol. The minimum absolute atomic E-state index is 0.0449. The second-order valence-corrected chi connectivity index (χ2v) is 6.48. The van der Waals surface area contributed by atoms with Crippen LogP contribution in [0.4, 0.5) is 4.39 Å². The Balaban J connectivity index is 2.07. The van der Waals surface area contributed by atoms with Crippen molar-refractivity contribution in [1.82, 2.24) is 4.90 Å². The van der Waals surface area contributed by atoms with Crippen molar-refractivity contribution in [3.8, 4) is 0 Å². The van der Waals surface area contributed by atoms with E-state index in [2.05, 4.69) is 0 Å². The van der Waals surface area contributed by atoms with Crippen molar-refractivity contribution in [2.45, 2.75) is 51.6 Å². The first-order valence-electron chi connectivity index (χ1n) is 7.99. The van der Waals surface area contributed by atoms with Crippen LogP contribution in [0.25, 0.3) is 0 Å². The SMILES string of the molecule is CCCN(Cc1c(F)cccc1Cl)C(=O)C[C@@H]1CCC[C@H]1N. The highest BCUT2D eigenvalue weighted by Gasteiger charge is 2.28. The quantitative estimate of drug-likeness (QED) is 0.865. The Morgan fingerprint density at radius 3 is 2.82 bits per heavy atom. The lowest BCUT2D eigenvalue weighted by molar-refractivity contribution is -0.133. The third-order valence-corrected chi connectivity index (χ3v) is 4.77. The molecule has 0 aromatic heterocycles. The van der Waals surface area contributed by atoms with E-state index in [4.69, 9.17) is 17.3 Å². The molecule has 1 amide bonds. The van der Waals surface area contributed by atoms with Crippen LogP contribution < -0.4 is 5.73 Å². The highest BCUT2D eigenvalue weighted by molar-refractivity contribution is 6.31. The van der Waals surface area contributed by atoms with Crippen molar-refractivity contribution in [2.75, 3.05) is 6.54 Å². The summed E-state index contributed by atoms with van der Waals surface area (Å²) in [5, 5.41) is 0.367. The average Bonchev–Trinajstić information content (AvgIpc) is 2.87. The van der Waals surface area contributed by atoms with Gasteiger partial charge in [0.05, 0.1) is 0 Å². The summed E-state index contributed by atoms with van der Waals surface area (Å²) in [6.45, 7) is 2.83. The van der Waals surface area contributed by atoms with Crippen molar-refractivity contribution >= 4 is 17.5 Å². The summed E-state index contributed by atoms with van der Waals surface area (Å²) in [6, 6.07) is 4.72. The number of hydrogen-bond donors (Lipinski definition) is 1. The van der Waals surface area contributed by atoms with Gasteiger partial charge in [0, 0.05) is 36.1 Å². The van der Waals surface area contributed by atoms with Crippen LogP contribution in [0.15, 0.2) is 18.2 Å². The summed E-state index contributed by atoms with van der Waals surface area (Å²) in [5.41, 5.74) is 6.44. The molecule has 2 atom stereocenters. The highest BCUT2D eigenvalue weighted by Crippen LogP contribution is 2.28. The van der Waals surface area contributed by atoms with Gasteiger partial charge in [-0.05, 0) is 37.3 Å². The molecule has 2 N–H and O–H groups in total. The molecule has 22 heavy (non-hydrogen) atoms.